The second-order valence-electron chi connectivity index (χ2n) is 4.17. The van der Waals surface area contributed by atoms with E-state index < -0.39 is 6.61 Å². The van der Waals surface area contributed by atoms with Crippen LogP contribution in [0.1, 0.15) is 25.3 Å². The number of rotatable bonds is 8. The predicted octanol–water partition coefficient (Wildman–Crippen LogP) is 3.73. The Morgan fingerprint density at radius 3 is 2.56 bits per heavy atom. The van der Waals surface area contributed by atoms with E-state index >= 15 is 0 Å². The van der Waals surface area contributed by atoms with Crippen LogP contribution in [-0.4, -0.2) is 12.7 Å². The molecule has 0 saturated carbocycles. The third-order valence-electron chi connectivity index (χ3n) is 2.61. The van der Waals surface area contributed by atoms with E-state index in [-0.39, 0.29) is 5.75 Å². The zero-order valence-electron chi connectivity index (χ0n) is 10.5. The van der Waals surface area contributed by atoms with E-state index in [4.69, 9.17) is 0 Å². The highest BCUT2D eigenvalue weighted by Crippen LogP contribution is 2.14. The number of hydrogen-bond acceptors (Lipinski definition) is 2. The average Bonchev–Trinajstić information content (AvgIpc) is 2.35. The Labute approximate surface area is 107 Å². The SMILES string of the molecule is C=CCCC(C)NCc1ccc(OC(F)F)cc1. The lowest BCUT2D eigenvalue weighted by molar-refractivity contribution is -0.0498. The molecular weight excluding hydrogens is 236 g/mol. The van der Waals surface area contributed by atoms with Crippen molar-refractivity contribution in [2.75, 3.05) is 0 Å². The van der Waals surface area contributed by atoms with Gasteiger partial charge in [-0.05, 0) is 37.5 Å². The molecule has 0 bridgehead atoms. The maximum atomic E-state index is 12.0. The number of hydrogen-bond donors (Lipinski definition) is 1. The van der Waals surface area contributed by atoms with E-state index in [9.17, 15) is 8.78 Å². The van der Waals surface area contributed by atoms with Crippen LogP contribution in [0.5, 0.6) is 5.75 Å². The Balaban J connectivity index is 2.36. The molecule has 4 heteroatoms. The molecule has 0 aliphatic carbocycles. The minimum atomic E-state index is -2.77. The van der Waals surface area contributed by atoms with Gasteiger partial charge in [0.05, 0.1) is 0 Å². The van der Waals surface area contributed by atoms with Gasteiger partial charge in [0.1, 0.15) is 5.75 Å². The predicted molar refractivity (Wildman–Crippen MR) is 68.8 cm³/mol. The van der Waals surface area contributed by atoms with E-state index in [0.717, 1.165) is 18.4 Å². The van der Waals surface area contributed by atoms with Crippen molar-refractivity contribution in [2.24, 2.45) is 0 Å². The summed E-state index contributed by atoms with van der Waals surface area (Å²) in [7, 11) is 0. The molecule has 1 N–H and O–H groups in total. The molecule has 0 aliphatic heterocycles. The van der Waals surface area contributed by atoms with E-state index in [1.807, 2.05) is 6.08 Å². The normalized spacial score (nSPS) is 12.4. The van der Waals surface area contributed by atoms with Crippen molar-refractivity contribution in [3.05, 3.63) is 42.5 Å². The van der Waals surface area contributed by atoms with Crippen LogP contribution in [0.15, 0.2) is 36.9 Å². The quantitative estimate of drug-likeness (QED) is 0.715. The fourth-order valence-electron chi connectivity index (χ4n) is 1.55. The molecule has 0 heterocycles. The van der Waals surface area contributed by atoms with Gasteiger partial charge in [0.15, 0.2) is 0 Å². The average molecular weight is 255 g/mol. The molecular formula is C14H19F2NO. The minimum absolute atomic E-state index is 0.188. The van der Waals surface area contributed by atoms with Gasteiger partial charge in [-0.3, -0.25) is 0 Å². The van der Waals surface area contributed by atoms with Crippen molar-refractivity contribution in [1.82, 2.24) is 5.32 Å². The summed E-state index contributed by atoms with van der Waals surface area (Å²) in [6, 6.07) is 7.07. The summed E-state index contributed by atoms with van der Waals surface area (Å²) in [5, 5.41) is 3.36. The molecule has 1 atom stereocenters. The lowest BCUT2D eigenvalue weighted by atomic mass is 10.1. The highest BCUT2D eigenvalue weighted by Gasteiger charge is 2.04. The molecule has 0 fully saturated rings. The van der Waals surface area contributed by atoms with Crippen molar-refractivity contribution in [2.45, 2.75) is 39.0 Å². The third-order valence-corrected chi connectivity index (χ3v) is 2.61. The lowest BCUT2D eigenvalue weighted by Crippen LogP contribution is -2.25. The molecule has 1 aromatic rings. The summed E-state index contributed by atoms with van der Waals surface area (Å²) in [6.07, 6.45) is 3.92. The van der Waals surface area contributed by atoms with Gasteiger partial charge in [-0.25, -0.2) is 0 Å². The molecule has 0 saturated heterocycles. The highest BCUT2D eigenvalue weighted by atomic mass is 19.3. The van der Waals surface area contributed by atoms with E-state index in [1.165, 1.54) is 0 Å². The first kappa shape index (κ1) is 14.6. The van der Waals surface area contributed by atoms with Gasteiger partial charge >= 0.3 is 6.61 Å². The van der Waals surface area contributed by atoms with Crippen molar-refractivity contribution < 1.29 is 13.5 Å². The van der Waals surface area contributed by atoms with Crippen LogP contribution in [0.4, 0.5) is 8.78 Å². The summed E-state index contributed by atoms with van der Waals surface area (Å²) in [4.78, 5) is 0. The second-order valence-corrected chi connectivity index (χ2v) is 4.17. The van der Waals surface area contributed by atoms with E-state index in [0.29, 0.717) is 12.6 Å². The largest absolute Gasteiger partial charge is 0.435 e. The van der Waals surface area contributed by atoms with Crippen LogP contribution in [0.2, 0.25) is 0 Å². The summed E-state index contributed by atoms with van der Waals surface area (Å²) < 4.78 is 28.2. The molecule has 1 rings (SSSR count). The maximum absolute atomic E-state index is 12.0. The Morgan fingerprint density at radius 2 is 2.00 bits per heavy atom. The number of benzene rings is 1. The topological polar surface area (TPSA) is 21.3 Å². The van der Waals surface area contributed by atoms with Gasteiger partial charge in [0.25, 0.3) is 0 Å². The first-order valence-corrected chi connectivity index (χ1v) is 6.00. The van der Waals surface area contributed by atoms with Crippen LogP contribution in [0.25, 0.3) is 0 Å². The Morgan fingerprint density at radius 1 is 1.33 bits per heavy atom. The Kier molecular flexibility index (Phi) is 6.36. The van der Waals surface area contributed by atoms with Crippen LogP contribution in [-0.2, 0) is 6.54 Å². The number of ether oxygens (including phenoxy) is 1. The van der Waals surface area contributed by atoms with Gasteiger partial charge in [-0.1, -0.05) is 18.2 Å². The van der Waals surface area contributed by atoms with Gasteiger partial charge in [-0.2, -0.15) is 8.78 Å². The van der Waals surface area contributed by atoms with Gasteiger partial charge in [-0.15, -0.1) is 6.58 Å². The van der Waals surface area contributed by atoms with E-state index in [2.05, 4.69) is 23.6 Å². The summed E-state index contributed by atoms with van der Waals surface area (Å²) in [6.45, 7) is 3.74. The molecule has 0 amide bonds. The van der Waals surface area contributed by atoms with Crippen molar-refractivity contribution >= 4 is 0 Å². The molecule has 0 radical (unpaired) electrons. The molecule has 0 spiro atoms. The van der Waals surface area contributed by atoms with Crippen molar-refractivity contribution in [3.8, 4) is 5.75 Å². The molecule has 1 unspecified atom stereocenters. The zero-order valence-corrected chi connectivity index (χ0v) is 10.5. The van der Waals surface area contributed by atoms with Crippen LogP contribution >= 0.6 is 0 Å². The van der Waals surface area contributed by atoms with Crippen molar-refractivity contribution in [3.63, 3.8) is 0 Å². The van der Waals surface area contributed by atoms with Crippen molar-refractivity contribution in [1.29, 1.82) is 0 Å². The molecule has 0 aliphatic rings. The van der Waals surface area contributed by atoms with Gasteiger partial charge < -0.3 is 10.1 Å². The highest BCUT2D eigenvalue weighted by molar-refractivity contribution is 5.27. The molecule has 0 aromatic heterocycles. The monoisotopic (exact) mass is 255 g/mol. The number of alkyl halides is 2. The number of allylic oxidation sites excluding steroid dienone is 1. The maximum Gasteiger partial charge on any atom is 0.387 e. The Bertz CT molecular complexity index is 351. The first-order valence-electron chi connectivity index (χ1n) is 6.00. The van der Waals surface area contributed by atoms with Gasteiger partial charge in [0.2, 0.25) is 0 Å². The summed E-state index contributed by atoms with van der Waals surface area (Å²) in [5.41, 5.74) is 1.04. The summed E-state index contributed by atoms with van der Waals surface area (Å²) >= 11 is 0. The molecule has 100 valence electrons. The third kappa shape index (κ3) is 5.77. The number of nitrogens with one attached hydrogen (secondary N) is 1. The fraction of sp³-hybridized carbons (Fsp3) is 0.429. The zero-order chi connectivity index (χ0) is 13.4. The lowest BCUT2D eigenvalue weighted by Gasteiger charge is -2.13. The molecule has 2 nitrogen and oxygen atoms in total. The summed E-state index contributed by atoms with van der Waals surface area (Å²) in [5.74, 6) is 0.188. The van der Waals surface area contributed by atoms with Crippen LogP contribution in [0.3, 0.4) is 0 Å². The smallest absolute Gasteiger partial charge is 0.387 e. The van der Waals surface area contributed by atoms with E-state index in [1.54, 1.807) is 24.3 Å². The second kappa shape index (κ2) is 7.82. The van der Waals surface area contributed by atoms with Gasteiger partial charge in [0, 0.05) is 12.6 Å². The van der Waals surface area contributed by atoms with Crippen LogP contribution in [0, 0.1) is 0 Å². The molecule has 1 aromatic carbocycles. The van der Waals surface area contributed by atoms with Crippen LogP contribution < -0.4 is 10.1 Å². The first-order chi connectivity index (χ1) is 8.61. The Hall–Kier alpha value is -1.42. The fourth-order valence-corrected chi connectivity index (χ4v) is 1.55. The minimum Gasteiger partial charge on any atom is -0.435 e. The molecule has 18 heavy (non-hydrogen) atoms. The standard InChI is InChI=1S/C14H19F2NO/c1-3-4-5-11(2)17-10-12-6-8-13(9-7-12)18-14(15)16/h3,6-9,11,14,17H,1,4-5,10H2,2H3. The number of halogens is 2.